The first-order valence-electron chi connectivity index (χ1n) is 11.7. The predicted octanol–water partition coefficient (Wildman–Crippen LogP) is 6.38. The Hall–Kier alpha value is -3.90. The van der Waals surface area contributed by atoms with Crippen LogP contribution in [0.4, 0.5) is 0 Å². The van der Waals surface area contributed by atoms with Crippen molar-refractivity contribution >= 4 is 46.2 Å². The number of amides is 1. The third-order valence-electron chi connectivity index (χ3n) is 6.24. The van der Waals surface area contributed by atoms with Gasteiger partial charge in [0.1, 0.15) is 0 Å². The van der Waals surface area contributed by atoms with Gasteiger partial charge in [-0.05, 0) is 34.9 Å². The average Bonchev–Trinajstić information content (AvgIpc) is 3.28. The van der Waals surface area contributed by atoms with Crippen LogP contribution in [0.25, 0.3) is 10.9 Å². The zero-order chi connectivity index (χ0) is 25.8. The zero-order valence-electron chi connectivity index (χ0n) is 19.7. The molecule has 0 spiro atoms. The maximum absolute atomic E-state index is 13.3. The summed E-state index contributed by atoms with van der Waals surface area (Å²) in [6.45, 7) is 0.583. The maximum Gasteiger partial charge on any atom is 0.281 e. The molecule has 0 aliphatic carbocycles. The second-order valence-corrected chi connectivity index (χ2v) is 9.43. The van der Waals surface area contributed by atoms with Gasteiger partial charge in [-0.2, -0.15) is 5.10 Å². The largest absolute Gasteiger partial charge is 0.372 e. The van der Waals surface area contributed by atoms with Crippen molar-refractivity contribution in [3.8, 4) is 0 Å². The summed E-state index contributed by atoms with van der Waals surface area (Å²) in [4.78, 5) is 13.3. The topological polar surface area (TPSA) is 66.6 Å². The Morgan fingerprint density at radius 3 is 2.14 bits per heavy atom. The van der Waals surface area contributed by atoms with Crippen LogP contribution in [-0.4, -0.2) is 21.8 Å². The Balaban J connectivity index is 1.43. The highest BCUT2D eigenvalue weighted by molar-refractivity contribution is 6.42. The summed E-state index contributed by atoms with van der Waals surface area (Å²) in [6, 6.07) is 31.1. The number of hydrazone groups is 1. The molecule has 0 fully saturated rings. The summed E-state index contributed by atoms with van der Waals surface area (Å²) in [7, 11) is 0. The second kappa shape index (κ2) is 10.6. The van der Waals surface area contributed by atoms with Gasteiger partial charge in [-0.1, -0.05) is 108 Å². The van der Waals surface area contributed by atoms with Crippen LogP contribution in [0, 0.1) is 0 Å². The van der Waals surface area contributed by atoms with Gasteiger partial charge in [0.25, 0.3) is 5.91 Å². The zero-order valence-corrected chi connectivity index (χ0v) is 21.2. The van der Waals surface area contributed by atoms with Gasteiger partial charge < -0.3 is 9.67 Å². The molecule has 37 heavy (non-hydrogen) atoms. The number of carbonyl (C=O) groups is 1. The quantitative estimate of drug-likeness (QED) is 0.190. The molecule has 5 aromatic rings. The molecule has 1 heterocycles. The van der Waals surface area contributed by atoms with Gasteiger partial charge in [-0.15, -0.1) is 0 Å². The van der Waals surface area contributed by atoms with Crippen LogP contribution in [0.5, 0.6) is 0 Å². The molecule has 184 valence electrons. The van der Waals surface area contributed by atoms with Crippen molar-refractivity contribution in [3.05, 3.63) is 142 Å². The third-order valence-corrected chi connectivity index (χ3v) is 6.98. The number of aliphatic hydroxyl groups is 1. The van der Waals surface area contributed by atoms with E-state index in [1.165, 1.54) is 0 Å². The SMILES string of the molecule is O=C(N/N=C/c1cn(Cc2ccc(Cl)c(Cl)c2)c2ccccc12)C(O)(c1ccccc1)c1ccccc1. The molecule has 0 bridgehead atoms. The van der Waals surface area contributed by atoms with E-state index in [0.29, 0.717) is 27.7 Å². The number of benzene rings is 4. The number of hydrogen-bond donors (Lipinski definition) is 2. The summed E-state index contributed by atoms with van der Waals surface area (Å²) in [5, 5.41) is 17.8. The summed E-state index contributed by atoms with van der Waals surface area (Å²) in [5.41, 5.74) is 4.37. The van der Waals surface area contributed by atoms with Crippen LogP contribution in [0.3, 0.4) is 0 Å². The van der Waals surface area contributed by atoms with Crippen molar-refractivity contribution in [1.82, 2.24) is 9.99 Å². The lowest BCUT2D eigenvalue weighted by Crippen LogP contribution is -2.43. The number of rotatable bonds is 7. The summed E-state index contributed by atoms with van der Waals surface area (Å²) in [5.74, 6) is -0.652. The van der Waals surface area contributed by atoms with Crippen molar-refractivity contribution in [2.75, 3.05) is 0 Å². The molecule has 2 N–H and O–H groups in total. The third kappa shape index (κ3) is 5.02. The Bertz CT molecular complexity index is 1540. The molecule has 1 aromatic heterocycles. The van der Waals surface area contributed by atoms with Crippen LogP contribution in [0.15, 0.2) is 114 Å². The van der Waals surface area contributed by atoms with Crippen molar-refractivity contribution < 1.29 is 9.90 Å². The number of halogens is 2. The monoisotopic (exact) mass is 527 g/mol. The standard InChI is InChI=1S/C30H23Cl2N3O2/c31-26-16-15-21(17-27(26)32)19-35-20-22(25-13-7-8-14-28(25)35)18-33-34-29(36)30(37,23-9-3-1-4-10-23)24-11-5-2-6-12-24/h1-18,20,37H,19H2,(H,34,36)/b33-18+. The van der Waals surface area contributed by atoms with E-state index in [-0.39, 0.29) is 0 Å². The molecule has 5 rings (SSSR count). The second-order valence-electron chi connectivity index (χ2n) is 8.62. The fourth-order valence-corrected chi connectivity index (χ4v) is 4.69. The minimum atomic E-state index is -1.90. The van der Waals surface area contributed by atoms with E-state index in [1.54, 1.807) is 60.8 Å². The van der Waals surface area contributed by atoms with Crippen LogP contribution >= 0.6 is 23.2 Å². The number of hydrogen-bond acceptors (Lipinski definition) is 3. The maximum atomic E-state index is 13.3. The minimum absolute atomic E-state index is 0.451. The molecule has 1 amide bonds. The Morgan fingerprint density at radius 1 is 0.865 bits per heavy atom. The molecule has 7 heteroatoms. The molecular weight excluding hydrogens is 505 g/mol. The minimum Gasteiger partial charge on any atom is -0.372 e. The van der Waals surface area contributed by atoms with E-state index in [2.05, 4.69) is 15.1 Å². The van der Waals surface area contributed by atoms with E-state index in [4.69, 9.17) is 23.2 Å². The number of carbonyl (C=O) groups excluding carboxylic acids is 1. The van der Waals surface area contributed by atoms with Gasteiger partial charge >= 0.3 is 0 Å². The number of aromatic nitrogens is 1. The van der Waals surface area contributed by atoms with Crippen LogP contribution in [-0.2, 0) is 16.9 Å². The molecule has 0 unspecified atom stereocenters. The van der Waals surface area contributed by atoms with Gasteiger partial charge in [-0.3, -0.25) is 4.79 Å². The highest BCUT2D eigenvalue weighted by Crippen LogP contribution is 2.30. The van der Waals surface area contributed by atoms with Crippen molar-refractivity contribution in [3.63, 3.8) is 0 Å². The highest BCUT2D eigenvalue weighted by Gasteiger charge is 2.39. The van der Waals surface area contributed by atoms with Crippen LogP contribution < -0.4 is 5.43 Å². The first kappa shape index (κ1) is 24.8. The van der Waals surface area contributed by atoms with E-state index in [0.717, 1.165) is 22.0 Å². The van der Waals surface area contributed by atoms with E-state index in [1.807, 2.05) is 54.7 Å². The fraction of sp³-hybridized carbons (Fsp3) is 0.0667. The number of fused-ring (bicyclic) bond motifs is 1. The first-order chi connectivity index (χ1) is 18.0. The summed E-state index contributed by atoms with van der Waals surface area (Å²) in [6.07, 6.45) is 3.55. The van der Waals surface area contributed by atoms with Crippen molar-refractivity contribution in [2.45, 2.75) is 12.1 Å². The molecule has 0 aliphatic rings. The smallest absolute Gasteiger partial charge is 0.281 e. The summed E-state index contributed by atoms with van der Waals surface area (Å²) >= 11 is 12.3. The Kier molecular flexibility index (Phi) is 7.10. The van der Waals surface area contributed by atoms with Crippen molar-refractivity contribution in [1.29, 1.82) is 0 Å². The lowest BCUT2D eigenvalue weighted by Gasteiger charge is -2.27. The highest BCUT2D eigenvalue weighted by atomic mass is 35.5. The number of nitrogens with one attached hydrogen (secondary N) is 1. The van der Waals surface area contributed by atoms with Crippen LogP contribution in [0.2, 0.25) is 10.0 Å². The normalized spacial score (nSPS) is 11.8. The Labute approximate surface area is 224 Å². The van der Waals surface area contributed by atoms with Gasteiger partial charge in [0, 0.05) is 29.2 Å². The lowest BCUT2D eigenvalue weighted by molar-refractivity contribution is -0.136. The molecule has 0 saturated carbocycles. The molecule has 5 nitrogen and oxygen atoms in total. The molecular formula is C30H23Cl2N3O2. The molecule has 0 radical (unpaired) electrons. The van der Waals surface area contributed by atoms with E-state index in [9.17, 15) is 9.90 Å². The van der Waals surface area contributed by atoms with E-state index >= 15 is 0 Å². The van der Waals surface area contributed by atoms with Gasteiger partial charge in [0.05, 0.1) is 16.3 Å². The van der Waals surface area contributed by atoms with Crippen molar-refractivity contribution in [2.24, 2.45) is 5.10 Å². The molecule has 0 atom stereocenters. The number of para-hydroxylation sites is 1. The lowest BCUT2D eigenvalue weighted by atomic mass is 9.85. The fourth-order valence-electron chi connectivity index (χ4n) is 4.37. The Morgan fingerprint density at radius 2 is 1.49 bits per heavy atom. The summed E-state index contributed by atoms with van der Waals surface area (Å²) < 4.78 is 2.09. The predicted molar refractivity (Wildman–Crippen MR) is 149 cm³/mol. The van der Waals surface area contributed by atoms with Gasteiger partial charge in [0.15, 0.2) is 5.60 Å². The van der Waals surface area contributed by atoms with Gasteiger partial charge in [0.2, 0.25) is 0 Å². The first-order valence-corrected chi connectivity index (χ1v) is 12.4. The van der Waals surface area contributed by atoms with Gasteiger partial charge in [-0.25, -0.2) is 5.43 Å². The van der Waals surface area contributed by atoms with Crippen LogP contribution in [0.1, 0.15) is 22.3 Å². The van der Waals surface area contributed by atoms with E-state index < -0.39 is 11.5 Å². The molecule has 0 aliphatic heterocycles. The number of nitrogens with zero attached hydrogens (tertiary/aromatic N) is 2. The average molecular weight is 528 g/mol. The molecule has 4 aromatic carbocycles. The molecule has 0 saturated heterocycles.